The van der Waals surface area contributed by atoms with Gasteiger partial charge in [-0.25, -0.2) is 4.39 Å². The summed E-state index contributed by atoms with van der Waals surface area (Å²) in [6, 6.07) is 3.39. The van der Waals surface area contributed by atoms with E-state index in [1.807, 2.05) is 0 Å². The Bertz CT molecular complexity index is 442. The van der Waals surface area contributed by atoms with E-state index in [0.29, 0.717) is 6.54 Å². The van der Waals surface area contributed by atoms with E-state index >= 15 is 0 Å². The van der Waals surface area contributed by atoms with Gasteiger partial charge in [-0.15, -0.1) is 0 Å². The molecule has 0 bridgehead atoms. The Morgan fingerprint density at radius 3 is 2.84 bits per heavy atom. The summed E-state index contributed by atoms with van der Waals surface area (Å²) in [5.74, 6) is -0.313. The molecule has 1 aliphatic carbocycles. The maximum atomic E-state index is 13.0. The highest BCUT2D eigenvalue weighted by atomic mass is 19.1. The number of benzene rings is 1. The minimum atomic E-state index is -0.520. The third-order valence-electron chi connectivity index (χ3n) is 3.75. The Kier molecular flexibility index (Phi) is 4.77. The molecule has 0 aromatic heterocycles. The Morgan fingerprint density at radius 2 is 2.11 bits per heavy atom. The largest absolute Gasteiger partial charge is 0.507 e. The smallest absolute Gasteiger partial charge is 0.255 e. The Balaban J connectivity index is 1.75. The molecule has 0 saturated heterocycles. The number of phenolic OH excluding ortho intramolecular Hbond substituents is 1. The van der Waals surface area contributed by atoms with Crippen molar-refractivity contribution in [3.05, 3.63) is 29.6 Å². The van der Waals surface area contributed by atoms with E-state index in [0.717, 1.165) is 30.9 Å². The second-order valence-corrected chi connectivity index (χ2v) is 5.21. The zero-order valence-corrected chi connectivity index (χ0v) is 11.0. The van der Waals surface area contributed by atoms with Crippen molar-refractivity contribution < 1.29 is 14.3 Å². The lowest BCUT2D eigenvalue weighted by molar-refractivity contribution is 0.0949. The number of hydrogen-bond donors (Lipinski definition) is 2. The van der Waals surface area contributed by atoms with Gasteiger partial charge in [0.05, 0.1) is 5.56 Å². The standard InChI is InChI=1S/C15H20FNO2/c16-12-7-8-14(18)13(10-12)15(19)17-9-3-6-11-4-1-2-5-11/h7-8,10-11,18H,1-6,9H2,(H,17,19). The van der Waals surface area contributed by atoms with Gasteiger partial charge in [-0.2, -0.15) is 0 Å². The van der Waals surface area contributed by atoms with Gasteiger partial charge in [0.25, 0.3) is 5.91 Å². The Morgan fingerprint density at radius 1 is 1.37 bits per heavy atom. The van der Waals surface area contributed by atoms with Crippen molar-refractivity contribution in [2.45, 2.75) is 38.5 Å². The van der Waals surface area contributed by atoms with Gasteiger partial charge in [0, 0.05) is 6.54 Å². The van der Waals surface area contributed by atoms with Crippen molar-refractivity contribution in [1.82, 2.24) is 5.32 Å². The number of rotatable bonds is 5. The summed E-state index contributed by atoms with van der Waals surface area (Å²) in [7, 11) is 0. The molecular formula is C15H20FNO2. The van der Waals surface area contributed by atoms with Crippen molar-refractivity contribution in [3.63, 3.8) is 0 Å². The Hall–Kier alpha value is -1.58. The maximum Gasteiger partial charge on any atom is 0.255 e. The summed E-state index contributed by atoms with van der Waals surface area (Å²) in [5.41, 5.74) is 0.000802. The van der Waals surface area contributed by atoms with Crippen molar-refractivity contribution in [2.24, 2.45) is 5.92 Å². The molecule has 19 heavy (non-hydrogen) atoms. The third kappa shape index (κ3) is 3.94. The van der Waals surface area contributed by atoms with Crippen molar-refractivity contribution >= 4 is 5.91 Å². The first-order chi connectivity index (χ1) is 9.16. The number of hydrogen-bond acceptors (Lipinski definition) is 2. The van der Waals surface area contributed by atoms with Crippen LogP contribution in [0.5, 0.6) is 5.75 Å². The van der Waals surface area contributed by atoms with Gasteiger partial charge in [-0.3, -0.25) is 4.79 Å². The molecule has 0 atom stereocenters. The molecule has 1 amide bonds. The molecular weight excluding hydrogens is 245 g/mol. The monoisotopic (exact) mass is 265 g/mol. The first-order valence-corrected chi connectivity index (χ1v) is 6.93. The topological polar surface area (TPSA) is 49.3 Å². The molecule has 0 radical (unpaired) electrons. The molecule has 1 aliphatic rings. The van der Waals surface area contributed by atoms with Crippen molar-refractivity contribution in [3.8, 4) is 5.75 Å². The number of nitrogens with one attached hydrogen (secondary N) is 1. The first kappa shape index (κ1) is 13.8. The molecule has 1 aromatic rings. The van der Waals surface area contributed by atoms with Crippen LogP contribution in [0.25, 0.3) is 0 Å². The molecule has 4 heteroatoms. The van der Waals surface area contributed by atoms with Crippen LogP contribution in [-0.2, 0) is 0 Å². The average Bonchev–Trinajstić information content (AvgIpc) is 2.90. The number of carbonyl (C=O) groups excluding carboxylic acids is 1. The van der Waals surface area contributed by atoms with Crippen LogP contribution in [0.1, 0.15) is 48.9 Å². The van der Waals surface area contributed by atoms with E-state index in [1.165, 1.54) is 31.7 Å². The molecule has 104 valence electrons. The first-order valence-electron chi connectivity index (χ1n) is 6.93. The van der Waals surface area contributed by atoms with Crippen LogP contribution >= 0.6 is 0 Å². The lowest BCUT2D eigenvalue weighted by Gasteiger charge is -2.10. The van der Waals surface area contributed by atoms with Gasteiger partial charge in [0.2, 0.25) is 0 Å². The van der Waals surface area contributed by atoms with Crippen LogP contribution in [-0.4, -0.2) is 17.6 Å². The van der Waals surface area contributed by atoms with Gasteiger partial charge in [-0.1, -0.05) is 25.7 Å². The van der Waals surface area contributed by atoms with E-state index in [9.17, 15) is 14.3 Å². The summed E-state index contributed by atoms with van der Waals surface area (Å²) in [6.07, 6.45) is 7.33. The quantitative estimate of drug-likeness (QED) is 0.803. The number of carbonyl (C=O) groups is 1. The molecule has 0 heterocycles. The highest BCUT2D eigenvalue weighted by Gasteiger charge is 2.15. The van der Waals surface area contributed by atoms with Crippen LogP contribution < -0.4 is 5.32 Å². The van der Waals surface area contributed by atoms with Gasteiger partial charge in [0.1, 0.15) is 11.6 Å². The molecule has 1 aromatic carbocycles. The van der Waals surface area contributed by atoms with Crippen LogP contribution in [0.2, 0.25) is 0 Å². The lowest BCUT2D eigenvalue weighted by Crippen LogP contribution is -2.25. The second-order valence-electron chi connectivity index (χ2n) is 5.21. The maximum absolute atomic E-state index is 13.0. The molecule has 1 fully saturated rings. The van der Waals surface area contributed by atoms with Crippen molar-refractivity contribution in [1.29, 1.82) is 0 Å². The average molecular weight is 265 g/mol. The van der Waals surface area contributed by atoms with E-state index < -0.39 is 11.7 Å². The summed E-state index contributed by atoms with van der Waals surface area (Å²) in [4.78, 5) is 11.8. The summed E-state index contributed by atoms with van der Waals surface area (Å²) in [6.45, 7) is 0.575. The normalized spacial score (nSPS) is 15.6. The number of halogens is 1. The molecule has 1 saturated carbocycles. The fraction of sp³-hybridized carbons (Fsp3) is 0.533. The zero-order valence-electron chi connectivity index (χ0n) is 11.0. The molecule has 2 rings (SSSR count). The van der Waals surface area contributed by atoms with E-state index in [1.54, 1.807) is 0 Å². The molecule has 0 unspecified atom stereocenters. The molecule has 0 spiro atoms. The van der Waals surface area contributed by atoms with Crippen LogP contribution in [0, 0.1) is 11.7 Å². The van der Waals surface area contributed by atoms with E-state index in [-0.39, 0.29) is 11.3 Å². The van der Waals surface area contributed by atoms with Gasteiger partial charge >= 0.3 is 0 Å². The summed E-state index contributed by atoms with van der Waals surface area (Å²) in [5, 5.41) is 12.2. The SMILES string of the molecule is O=C(NCCCC1CCCC1)c1cc(F)ccc1O. The van der Waals surface area contributed by atoms with Gasteiger partial charge in [-0.05, 0) is 37.0 Å². The zero-order chi connectivity index (χ0) is 13.7. The Labute approximate surface area is 112 Å². The number of aromatic hydroxyl groups is 1. The number of amides is 1. The molecule has 2 N–H and O–H groups in total. The van der Waals surface area contributed by atoms with Gasteiger partial charge in [0.15, 0.2) is 0 Å². The predicted octanol–water partition coefficient (Wildman–Crippen LogP) is 3.23. The fourth-order valence-corrected chi connectivity index (χ4v) is 2.68. The number of phenols is 1. The molecule has 0 aliphatic heterocycles. The summed E-state index contributed by atoms with van der Waals surface area (Å²) < 4.78 is 13.0. The van der Waals surface area contributed by atoms with E-state index in [2.05, 4.69) is 5.32 Å². The van der Waals surface area contributed by atoms with E-state index in [4.69, 9.17) is 0 Å². The predicted molar refractivity (Wildman–Crippen MR) is 71.6 cm³/mol. The summed E-state index contributed by atoms with van der Waals surface area (Å²) >= 11 is 0. The third-order valence-corrected chi connectivity index (χ3v) is 3.75. The minimum Gasteiger partial charge on any atom is -0.507 e. The molecule has 3 nitrogen and oxygen atoms in total. The van der Waals surface area contributed by atoms with Crippen LogP contribution in [0.15, 0.2) is 18.2 Å². The van der Waals surface area contributed by atoms with Crippen molar-refractivity contribution in [2.75, 3.05) is 6.54 Å². The highest BCUT2D eigenvalue weighted by Crippen LogP contribution is 2.28. The lowest BCUT2D eigenvalue weighted by atomic mass is 10.0. The highest BCUT2D eigenvalue weighted by molar-refractivity contribution is 5.96. The fourth-order valence-electron chi connectivity index (χ4n) is 2.68. The van der Waals surface area contributed by atoms with Crippen LogP contribution in [0.4, 0.5) is 4.39 Å². The second kappa shape index (κ2) is 6.55. The van der Waals surface area contributed by atoms with Gasteiger partial charge < -0.3 is 10.4 Å². The van der Waals surface area contributed by atoms with Crippen LogP contribution in [0.3, 0.4) is 0 Å². The minimum absolute atomic E-state index is 0.000802.